The van der Waals surface area contributed by atoms with E-state index >= 15 is 0 Å². The molecule has 100 valence electrons. The molecule has 0 saturated carbocycles. The summed E-state index contributed by atoms with van der Waals surface area (Å²) in [7, 11) is 0. The Bertz CT molecular complexity index is 351. The van der Waals surface area contributed by atoms with E-state index in [1.807, 2.05) is 19.3 Å². The van der Waals surface area contributed by atoms with Crippen molar-refractivity contribution in [1.82, 2.24) is 20.2 Å². The van der Waals surface area contributed by atoms with Crippen LogP contribution in [-0.4, -0.2) is 41.0 Å². The summed E-state index contributed by atoms with van der Waals surface area (Å²) in [5.41, 5.74) is 2.06. The molecule has 1 aliphatic heterocycles. The normalized spacial score (nSPS) is 26.6. The number of hydrogen-bond donors (Lipinski definition) is 1. The van der Waals surface area contributed by atoms with Crippen molar-refractivity contribution < 1.29 is 0 Å². The molecule has 0 radical (unpaired) electrons. The standard InChI is InChI=1S/C14H24N4/c1-11-4-15-5-12(2)9-18(8-11)10-14-7-16-13(3)6-17-14/h6-7,11-12,15H,4-5,8-10H2,1-3H3. The molecule has 1 aliphatic rings. The third-order valence-corrected chi connectivity index (χ3v) is 3.35. The first-order valence-corrected chi connectivity index (χ1v) is 6.84. The van der Waals surface area contributed by atoms with Crippen LogP contribution in [0.5, 0.6) is 0 Å². The summed E-state index contributed by atoms with van der Waals surface area (Å²) >= 11 is 0. The molecule has 1 fully saturated rings. The van der Waals surface area contributed by atoms with Crippen LogP contribution in [0.3, 0.4) is 0 Å². The zero-order valence-corrected chi connectivity index (χ0v) is 11.7. The van der Waals surface area contributed by atoms with Gasteiger partial charge in [0.2, 0.25) is 0 Å². The van der Waals surface area contributed by atoms with Crippen molar-refractivity contribution in [3.05, 3.63) is 23.8 Å². The van der Waals surface area contributed by atoms with Gasteiger partial charge in [0.1, 0.15) is 0 Å². The highest BCUT2D eigenvalue weighted by molar-refractivity contribution is 5.00. The Kier molecular flexibility index (Phi) is 4.66. The highest BCUT2D eigenvalue weighted by atomic mass is 15.1. The Morgan fingerprint density at radius 3 is 2.39 bits per heavy atom. The molecule has 2 unspecified atom stereocenters. The Morgan fingerprint density at radius 2 is 1.83 bits per heavy atom. The lowest BCUT2D eigenvalue weighted by Crippen LogP contribution is -2.42. The summed E-state index contributed by atoms with van der Waals surface area (Å²) in [5, 5.41) is 3.52. The van der Waals surface area contributed by atoms with E-state index in [0.29, 0.717) is 11.8 Å². The second kappa shape index (κ2) is 6.25. The van der Waals surface area contributed by atoms with Gasteiger partial charge in [-0.15, -0.1) is 0 Å². The van der Waals surface area contributed by atoms with E-state index < -0.39 is 0 Å². The van der Waals surface area contributed by atoms with Crippen molar-refractivity contribution >= 4 is 0 Å². The molecule has 1 saturated heterocycles. The molecule has 2 heterocycles. The predicted octanol–water partition coefficient (Wildman–Crippen LogP) is 1.46. The fourth-order valence-electron chi connectivity index (χ4n) is 2.52. The highest BCUT2D eigenvalue weighted by Gasteiger charge is 2.17. The van der Waals surface area contributed by atoms with Crippen molar-refractivity contribution in [3.63, 3.8) is 0 Å². The summed E-state index contributed by atoms with van der Waals surface area (Å²) < 4.78 is 0. The zero-order valence-electron chi connectivity index (χ0n) is 11.7. The monoisotopic (exact) mass is 248 g/mol. The molecule has 0 amide bonds. The Balaban J connectivity index is 1.98. The number of rotatable bonds is 2. The second-order valence-corrected chi connectivity index (χ2v) is 5.71. The molecular formula is C14H24N4. The molecule has 0 spiro atoms. The maximum Gasteiger partial charge on any atom is 0.0727 e. The van der Waals surface area contributed by atoms with Gasteiger partial charge >= 0.3 is 0 Å². The topological polar surface area (TPSA) is 41.1 Å². The van der Waals surface area contributed by atoms with Crippen LogP contribution in [0.4, 0.5) is 0 Å². The Hall–Kier alpha value is -1.00. The van der Waals surface area contributed by atoms with Gasteiger partial charge in [-0.25, -0.2) is 0 Å². The maximum atomic E-state index is 4.46. The third kappa shape index (κ3) is 4.03. The van der Waals surface area contributed by atoms with Crippen molar-refractivity contribution in [3.8, 4) is 0 Å². The lowest BCUT2D eigenvalue weighted by molar-refractivity contribution is 0.177. The number of aryl methyl sites for hydroxylation is 1. The van der Waals surface area contributed by atoms with Crippen LogP contribution in [0.1, 0.15) is 25.2 Å². The van der Waals surface area contributed by atoms with Crippen molar-refractivity contribution in [2.75, 3.05) is 26.2 Å². The van der Waals surface area contributed by atoms with Crippen LogP contribution < -0.4 is 5.32 Å². The molecule has 2 atom stereocenters. The van der Waals surface area contributed by atoms with Gasteiger partial charge in [0, 0.05) is 32.0 Å². The second-order valence-electron chi connectivity index (χ2n) is 5.71. The minimum Gasteiger partial charge on any atom is -0.316 e. The lowest BCUT2D eigenvalue weighted by Gasteiger charge is -2.31. The first-order chi connectivity index (χ1) is 8.63. The first kappa shape index (κ1) is 13.4. The molecule has 4 heteroatoms. The maximum absolute atomic E-state index is 4.46. The zero-order chi connectivity index (χ0) is 13.0. The largest absolute Gasteiger partial charge is 0.316 e. The average Bonchev–Trinajstić information content (AvgIpc) is 2.30. The van der Waals surface area contributed by atoms with Crippen molar-refractivity contribution in [2.24, 2.45) is 11.8 Å². The summed E-state index contributed by atoms with van der Waals surface area (Å²) in [6.45, 7) is 12.0. The Morgan fingerprint density at radius 1 is 1.17 bits per heavy atom. The molecule has 2 rings (SSSR count). The first-order valence-electron chi connectivity index (χ1n) is 6.84. The van der Waals surface area contributed by atoms with E-state index in [1.54, 1.807) is 0 Å². The van der Waals surface area contributed by atoms with E-state index in [0.717, 1.165) is 44.1 Å². The molecule has 18 heavy (non-hydrogen) atoms. The van der Waals surface area contributed by atoms with Gasteiger partial charge in [-0.1, -0.05) is 13.8 Å². The van der Waals surface area contributed by atoms with E-state index in [2.05, 4.69) is 34.0 Å². The Labute approximate surface area is 110 Å². The van der Waals surface area contributed by atoms with E-state index in [4.69, 9.17) is 0 Å². The summed E-state index contributed by atoms with van der Waals surface area (Å²) in [4.78, 5) is 11.3. The summed E-state index contributed by atoms with van der Waals surface area (Å²) in [6, 6.07) is 0. The molecule has 0 bridgehead atoms. The minimum atomic E-state index is 0.691. The predicted molar refractivity (Wildman–Crippen MR) is 73.2 cm³/mol. The molecule has 0 aliphatic carbocycles. The van der Waals surface area contributed by atoms with Crippen LogP contribution in [0, 0.1) is 18.8 Å². The van der Waals surface area contributed by atoms with Gasteiger partial charge in [0.15, 0.2) is 0 Å². The smallest absolute Gasteiger partial charge is 0.0727 e. The van der Waals surface area contributed by atoms with E-state index in [-0.39, 0.29) is 0 Å². The van der Waals surface area contributed by atoms with Crippen LogP contribution in [0.25, 0.3) is 0 Å². The SMILES string of the molecule is Cc1cnc(CN2CC(C)CNCC(C)C2)cn1. The van der Waals surface area contributed by atoms with E-state index in [1.165, 1.54) is 0 Å². The van der Waals surface area contributed by atoms with E-state index in [9.17, 15) is 0 Å². The number of nitrogens with one attached hydrogen (secondary N) is 1. The molecule has 1 aromatic rings. The third-order valence-electron chi connectivity index (χ3n) is 3.35. The molecule has 1 aromatic heterocycles. The van der Waals surface area contributed by atoms with Gasteiger partial charge < -0.3 is 5.32 Å². The highest BCUT2D eigenvalue weighted by Crippen LogP contribution is 2.10. The minimum absolute atomic E-state index is 0.691. The lowest BCUT2D eigenvalue weighted by atomic mass is 10.1. The fraction of sp³-hybridized carbons (Fsp3) is 0.714. The number of hydrogen-bond acceptors (Lipinski definition) is 4. The molecule has 4 nitrogen and oxygen atoms in total. The summed E-state index contributed by atoms with van der Waals surface area (Å²) in [6.07, 6.45) is 3.76. The fourth-order valence-corrected chi connectivity index (χ4v) is 2.52. The molecular weight excluding hydrogens is 224 g/mol. The van der Waals surface area contributed by atoms with Crippen molar-refractivity contribution in [2.45, 2.75) is 27.3 Å². The molecule has 1 N–H and O–H groups in total. The van der Waals surface area contributed by atoms with Gasteiger partial charge in [0.05, 0.1) is 11.4 Å². The van der Waals surface area contributed by atoms with Crippen LogP contribution in [-0.2, 0) is 6.54 Å². The average molecular weight is 248 g/mol. The number of aromatic nitrogens is 2. The van der Waals surface area contributed by atoms with Gasteiger partial charge in [0.25, 0.3) is 0 Å². The van der Waals surface area contributed by atoms with Crippen molar-refractivity contribution in [1.29, 1.82) is 0 Å². The van der Waals surface area contributed by atoms with Gasteiger partial charge in [-0.05, 0) is 31.8 Å². The van der Waals surface area contributed by atoms with Gasteiger partial charge in [-0.2, -0.15) is 0 Å². The molecule has 0 aromatic carbocycles. The number of nitrogens with zero attached hydrogens (tertiary/aromatic N) is 3. The quantitative estimate of drug-likeness (QED) is 0.860. The summed E-state index contributed by atoms with van der Waals surface area (Å²) in [5.74, 6) is 1.38. The van der Waals surface area contributed by atoms with Crippen LogP contribution in [0.15, 0.2) is 12.4 Å². The van der Waals surface area contributed by atoms with Crippen LogP contribution in [0.2, 0.25) is 0 Å². The van der Waals surface area contributed by atoms with Crippen LogP contribution >= 0.6 is 0 Å². The van der Waals surface area contributed by atoms with Gasteiger partial charge in [-0.3, -0.25) is 14.9 Å².